The molecular weight excluding hydrogens is 300 g/mol. The number of methoxy groups -OCH3 is 2. The summed E-state index contributed by atoms with van der Waals surface area (Å²) in [5.74, 6) is 1.38. The molecule has 3 rings (SSSR count). The average molecular weight is 312 g/mol. The van der Waals surface area contributed by atoms with Gasteiger partial charge >= 0.3 is 0 Å². The summed E-state index contributed by atoms with van der Waals surface area (Å²) in [4.78, 5) is 23.1. The second kappa shape index (κ2) is 5.76. The second-order valence-corrected chi connectivity index (χ2v) is 4.61. The molecule has 0 aliphatic heterocycles. The van der Waals surface area contributed by atoms with Gasteiger partial charge in [-0.3, -0.25) is 4.79 Å². The van der Waals surface area contributed by atoms with E-state index in [9.17, 15) is 4.79 Å². The molecule has 0 fully saturated rings. The SMILES string of the molecule is COc1cc2nc(Cn3cnc(C#N)n3)[nH]c(=O)c2cc1OC. The van der Waals surface area contributed by atoms with Gasteiger partial charge in [-0.25, -0.2) is 14.6 Å². The lowest BCUT2D eigenvalue weighted by Gasteiger charge is -2.09. The summed E-state index contributed by atoms with van der Waals surface area (Å²) in [6, 6.07) is 5.05. The number of benzene rings is 1. The number of nitriles is 1. The van der Waals surface area contributed by atoms with E-state index in [0.29, 0.717) is 28.2 Å². The van der Waals surface area contributed by atoms with Gasteiger partial charge in [0.1, 0.15) is 24.8 Å². The Labute approximate surface area is 130 Å². The predicted octanol–water partition coefficient (Wildman–Crippen LogP) is 0.452. The zero-order valence-electron chi connectivity index (χ0n) is 12.4. The number of hydrogen-bond donors (Lipinski definition) is 1. The van der Waals surface area contributed by atoms with Crippen molar-refractivity contribution in [2.24, 2.45) is 0 Å². The minimum Gasteiger partial charge on any atom is -0.493 e. The number of ether oxygens (including phenoxy) is 2. The van der Waals surface area contributed by atoms with Crippen LogP contribution in [0.5, 0.6) is 11.5 Å². The minimum atomic E-state index is -0.299. The van der Waals surface area contributed by atoms with Gasteiger partial charge < -0.3 is 14.5 Å². The summed E-state index contributed by atoms with van der Waals surface area (Å²) >= 11 is 0. The van der Waals surface area contributed by atoms with Gasteiger partial charge in [0.25, 0.3) is 11.4 Å². The zero-order valence-corrected chi connectivity index (χ0v) is 12.4. The molecule has 0 saturated heterocycles. The lowest BCUT2D eigenvalue weighted by atomic mass is 10.2. The topological polar surface area (TPSA) is 119 Å². The molecule has 0 radical (unpaired) electrons. The van der Waals surface area contributed by atoms with E-state index in [0.717, 1.165) is 0 Å². The van der Waals surface area contributed by atoms with Gasteiger partial charge in [0.15, 0.2) is 11.5 Å². The molecule has 0 atom stereocenters. The summed E-state index contributed by atoms with van der Waals surface area (Å²) < 4.78 is 11.8. The molecular formula is C14H12N6O3. The molecule has 1 N–H and O–H groups in total. The number of aromatic amines is 1. The Hall–Kier alpha value is -3.41. The highest BCUT2D eigenvalue weighted by Gasteiger charge is 2.11. The van der Waals surface area contributed by atoms with E-state index in [4.69, 9.17) is 14.7 Å². The third kappa shape index (κ3) is 2.69. The lowest BCUT2D eigenvalue weighted by Crippen LogP contribution is -2.15. The molecule has 9 nitrogen and oxygen atoms in total. The summed E-state index contributed by atoms with van der Waals surface area (Å²) in [7, 11) is 3.01. The third-order valence-electron chi connectivity index (χ3n) is 3.21. The van der Waals surface area contributed by atoms with Crippen LogP contribution in [-0.4, -0.2) is 39.0 Å². The summed E-state index contributed by atoms with van der Waals surface area (Å²) in [5, 5.41) is 13.0. The number of nitrogens with zero attached hydrogens (tertiary/aromatic N) is 5. The maximum atomic E-state index is 12.2. The van der Waals surface area contributed by atoms with Crippen LogP contribution in [0, 0.1) is 11.3 Å². The highest BCUT2D eigenvalue weighted by atomic mass is 16.5. The third-order valence-corrected chi connectivity index (χ3v) is 3.21. The van der Waals surface area contributed by atoms with Crippen LogP contribution in [0.25, 0.3) is 10.9 Å². The Morgan fingerprint density at radius 1 is 1.30 bits per heavy atom. The van der Waals surface area contributed by atoms with Crippen LogP contribution in [0.3, 0.4) is 0 Å². The molecule has 1 aromatic carbocycles. The molecule has 9 heteroatoms. The van der Waals surface area contributed by atoms with E-state index < -0.39 is 0 Å². The van der Waals surface area contributed by atoms with Gasteiger partial charge in [-0.05, 0) is 6.07 Å². The monoisotopic (exact) mass is 312 g/mol. The number of nitrogens with one attached hydrogen (secondary N) is 1. The van der Waals surface area contributed by atoms with Crippen molar-refractivity contribution in [2.45, 2.75) is 6.54 Å². The highest BCUT2D eigenvalue weighted by Crippen LogP contribution is 2.29. The van der Waals surface area contributed by atoms with E-state index in [1.54, 1.807) is 12.1 Å². The second-order valence-electron chi connectivity index (χ2n) is 4.61. The summed E-state index contributed by atoms with van der Waals surface area (Å²) in [6.45, 7) is 0.189. The Balaban J connectivity index is 2.06. The first-order chi connectivity index (χ1) is 11.1. The molecule has 0 saturated carbocycles. The van der Waals surface area contributed by atoms with Crippen molar-refractivity contribution >= 4 is 10.9 Å². The number of H-pyrrole nitrogens is 1. The van der Waals surface area contributed by atoms with E-state index in [1.165, 1.54) is 25.2 Å². The zero-order chi connectivity index (χ0) is 16.4. The fourth-order valence-electron chi connectivity index (χ4n) is 2.16. The molecule has 0 unspecified atom stereocenters. The van der Waals surface area contributed by atoms with E-state index in [-0.39, 0.29) is 17.9 Å². The van der Waals surface area contributed by atoms with Crippen LogP contribution in [0.1, 0.15) is 11.6 Å². The Morgan fingerprint density at radius 2 is 2.04 bits per heavy atom. The molecule has 0 amide bonds. The van der Waals surface area contributed by atoms with E-state index in [1.807, 2.05) is 6.07 Å². The Bertz CT molecular complexity index is 969. The van der Waals surface area contributed by atoms with Crippen LogP contribution in [0.15, 0.2) is 23.3 Å². The van der Waals surface area contributed by atoms with E-state index >= 15 is 0 Å². The first-order valence-electron chi connectivity index (χ1n) is 6.59. The smallest absolute Gasteiger partial charge is 0.258 e. The lowest BCUT2D eigenvalue weighted by molar-refractivity contribution is 0.355. The van der Waals surface area contributed by atoms with Crippen LogP contribution < -0.4 is 15.0 Å². The van der Waals surface area contributed by atoms with Crippen LogP contribution in [0.4, 0.5) is 0 Å². The molecule has 2 heterocycles. The summed E-state index contributed by atoms with van der Waals surface area (Å²) in [6.07, 6.45) is 1.40. The maximum Gasteiger partial charge on any atom is 0.258 e. The van der Waals surface area contributed by atoms with Gasteiger partial charge in [-0.15, -0.1) is 5.10 Å². The van der Waals surface area contributed by atoms with Crippen molar-refractivity contribution in [1.29, 1.82) is 5.26 Å². The van der Waals surface area contributed by atoms with E-state index in [2.05, 4.69) is 20.1 Å². The molecule has 116 valence electrons. The quantitative estimate of drug-likeness (QED) is 0.743. The molecule has 0 bridgehead atoms. The minimum absolute atomic E-state index is 0.0551. The van der Waals surface area contributed by atoms with Crippen molar-refractivity contribution in [3.63, 3.8) is 0 Å². The highest BCUT2D eigenvalue weighted by molar-refractivity contribution is 5.81. The van der Waals surface area contributed by atoms with Gasteiger partial charge in [-0.2, -0.15) is 5.26 Å². The van der Waals surface area contributed by atoms with Gasteiger partial charge in [-0.1, -0.05) is 0 Å². The van der Waals surface area contributed by atoms with Gasteiger partial charge in [0.2, 0.25) is 0 Å². The Morgan fingerprint density at radius 3 is 2.70 bits per heavy atom. The number of aromatic nitrogens is 5. The van der Waals surface area contributed by atoms with Crippen molar-refractivity contribution in [3.8, 4) is 17.6 Å². The molecule has 0 aliphatic rings. The number of rotatable bonds is 4. The predicted molar refractivity (Wildman–Crippen MR) is 79.3 cm³/mol. The van der Waals surface area contributed by atoms with Crippen molar-refractivity contribution in [3.05, 3.63) is 40.5 Å². The van der Waals surface area contributed by atoms with Gasteiger partial charge in [0, 0.05) is 6.07 Å². The Kier molecular flexibility index (Phi) is 3.64. The first kappa shape index (κ1) is 14.5. The molecule has 0 spiro atoms. The average Bonchev–Trinajstić information content (AvgIpc) is 3.01. The van der Waals surface area contributed by atoms with Crippen LogP contribution >= 0.6 is 0 Å². The standard InChI is InChI=1S/C14H12N6O3/c1-22-10-3-8-9(4-11(10)23-2)17-13(18-14(8)21)6-20-7-16-12(5-15)19-20/h3-4,7H,6H2,1-2H3,(H,17,18,21). The van der Waals surface area contributed by atoms with Gasteiger partial charge in [0.05, 0.1) is 25.1 Å². The van der Waals surface area contributed by atoms with Crippen LogP contribution in [-0.2, 0) is 6.54 Å². The molecule has 3 aromatic rings. The van der Waals surface area contributed by atoms with Crippen LogP contribution in [0.2, 0.25) is 0 Å². The summed E-state index contributed by atoms with van der Waals surface area (Å²) in [5.41, 5.74) is 0.175. The maximum absolute atomic E-state index is 12.2. The first-order valence-corrected chi connectivity index (χ1v) is 6.59. The molecule has 23 heavy (non-hydrogen) atoms. The molecule has 2 aromatic heterocycles. The van der Waals surface area contributed by atoms with Crippen molar-refractivity contribution in [1.82, 2.24) is 24.7 Å². The van der Waals surface area contributed by atoms with Crippen molar-refractivity contribution in [2.75, 3.05) is 14.2 Å². The fourth-order valence-corrected chi connectivity index (χ4v) is 2.16. The number of hydrogen-bond acceptors (Lipinski definition) is 7. The molecule has 0 aliphatic carbocycles. The normalized spacial score (nSPS) is 10.5. The number of fused-ring (bicyclic) bond motifs is 1. The largest absolute Gasteiger partial charge is 0.493 e. The van der Waals surface area contributed by atoms with Crippen molar-refractivity contribution < 1.29 is 9.47 Å². The fraction of sp³-hybridized carbons (Fsp3) is 0.214.